The second-order valence-electron chi connectivity index (χ2n) is 4.74. The Kier molecular flexibility index (Phi) is 5.83. The van der Waals surface area contributed by atoms with Crippen LogP contribution in [0, 0.1) is 0 Å². The van der Waals surface area contributed by atoms with Crippen molar-refractivity contribution in [2.45, 2.75) is 12.8 Å². The summed E-state index contributed by atoms with van der Waals surface area (Å²) in [6.45, 7) is 0. The topological polar surface area (TPSA) is 47.6 Å². The summed E-state index contributed by atoms with van der Waals surface area (Å²) in [5.74, 6) is 1.34. The highest BCUT2D eigenvalue weighted by Gasteiger charge is 2.07. The number of carbonyl (C=O) groups is 1. The van der Waals surface area contributed by atoms with E-state index in [1.807, 2.05) is 42.5 Å². The number of hydrogen-bond donors (Lipinski definition) is 1. The van der Waals surface area contributed by atoms with Crippen molar-refractivity contribution in [2.24, 2.45) is 0 Å². The number of aryl methyl sites for hydroxylation is 1. The molecule has 2 aromatic carbocycles. The first-order valence-electron chi connectivity index (χ1n) is 6.88. The zero-order valence-corrected chi connectivity index (χ0v) is 14.1. The molecule has 0 unspecified atom stereocenters. The fourth-order valence-electron chi connectivity index (χ4n) is 2.05. The molecule has 5 heteroatoms. The second-order valence-corrected chi connectivity index (χ2v) is 5.66. The molecule has 0 spiro atoms. The quantitative estimate of drug-likeness (QED) is 0.842. The van der Waals surface area contributed by atoms with Crippen LogP contribution in [0.4, 0.5) is 5.69 Å². The molecule has 0 aromatic heterocycles. The number of amides is 1. The van der Waals surface area contributed by atoms with Gasteiger partial charge in [0.2, 0.25) is 5.91 Å². The molecule has 116 valence electrons. The predicted molar refractivity (Wildman–Crippen MR) is 90.6 cm³/mol. The molecule has 4 nitrogen and oxygen atoms in total. The lowest BCUT2D eigenvalue weighted by Crippen LogP contribution is -2.12. The van der Waals surface area contributed by atoms with Crippen LogP contribution >= 0.6 is 15.9 Å². The number of methoxy groups -OCH3 is 2. The van der Waals surface area contributed by atoms with Crippen molar-refractivity contribution in [3.63, 3.8) is 0 Å². The minimum Gasteiger partial charge on any atom is -0.493 e. The van der Waals surface area contributed by atoms with E-state index in [2.05, 4.69) is 21.2 Å². The molecule has 0 saturated heterocycles. The van der Waals surface area contributed by atoms with Crippen LogP contribution in [-0.2, 0) is 11.2 Å². The lowest BCUT2D eigenvalue weighted by Gasteiger charge is -2.10. The highest BCUT2D eigenvalue weighted by Crippen LogP contribution is 2.28. The van der Waals surface area contributed by atoms with E-state index >= 15 is 0 Å². The molecule has 0 aliphatic rings. The van der Waals surface area contributed by atoms with Gasteiger partial charge in [-0.2, -0.15) is 0 Å². The van der Waals surface area contributed by atoms with Crippen LogP contribution in [-0.4, -0.2) is 20.1 Å². The molecular weight excluding hydrogens is 346 g/mol. The Labute approximate surface area is 138 Å². The molecule has 2 aromatic rings. The van der Waals surface area contributed by atoms with E-state index in [-0.39, 0.29) is 5.91 Å². The van der Waals surface area contributed by atoms with Crippen molar-refractivity contribution < 1.29 is 14.3 Å². The molecule has 0 radical (unpaired) electrons. The molecule has 0 atom stereocenters. The summed E-state index contributed by atoms with van der Waals surface area (Å²) in [6, 6.07) is 13.2. The number of rotatable bonds is 6. The molecule has 0 fully saturated rings. The standard InChI is InChI=1S/C17H18BrNO3/c1-21-15-9-3-12(11-16(15)22-2)4-10-17(20)19-14-7-5-13(18)6-8-14/h3,5-9,11H,4,10H2,1-2H3,(H,19,20). The first-order chi connectivity index (χ1) is 10.6. The van der Waals surface area contributed by atoms with Gasteiger partial charge < -0.3 is 14.8 Å². The number of carbonyl (C=O) groups excluding carboxylic acids is 1. The van der Waals surface area contributed by atoms with Crippen molar-refractivity contribution in [2.75, 3.05) is 19.5 Å². The molecule has 0 bridgehead atoms. The van der Waals surface area contributed by atoms with E-state index in [1.165, 1.54) is 0 Å². The van der Waals surface area contributed by atoms with Crippen LogP contribution in [0.5, 0.6) is 11.5 Å². The van der Waals surface area contributed by atoms with Gasteiger partial charge in [-0.25, -0.2) is 0 Å². The third-order valence-electron chi connectivity index (χ3n) is 3.22. The van der Waals surface area contributed by atoms with Crippen molar-refractivity contribution in [1.29, 1.82) is 0 Å². The number of halogens is 1. The van der Waals surface area contributed by atoms with Gasteiger partial charge in [0.25, 0.3) is 0 Å². The molecule has 0 heterocycles. The monoisotopic (exact) mass is 363 g/mol. The Morgan fingerprint density at radius 3 is 2.36 bits per heavy atom. The maximum absolute atomic E-state index is 12.0. The van der Waals surface area contributed by atoms with Crippen molar-refractivity contribution in [1.82, 2.24) is 0 Å². The predicted octanol–water partition coefficient (Wildman–Crippen LogP) is 4.04. The summed E-state index contributed by atoms with van der Waals surface area (Å²) in [6.07, 6.45) is 1.05. The Morgan fingerprint density at radius 1 is 1.05 bits per heavy atom. The van der Waals surface area contributed by atoms with E-state index in [4.69, 9.17) is 9.47 Å². The highest BCUT2D eigenvalue weighted by molar-refractivity contribution is 9.10. The van der Waals surface area contributed by atoms with E-state index in [9.17, 15) is 4.79 Å². The zero-order valence-electron chi connectivity index (χ0n) is 12.6. The Morgan fingerprint density at radius 2 is 1.73 bits per heavy atom. The summed E-state index contributed by atoms with van der Waals surface area (Å²) in [4.78, 5) is 12.0. The zero-order chi connectivity index (χ0) is 15.9. The molecule has 0 saturated carbocycles. The second kappa shape index (κ2) is 7.84. The van der Waals surface area contributed by atoms with Gasteiger partial charge in [-0.1, -0.05) is 22.0 Å². The van der Waals surface area contributed by atoms with Gasteiger partial charge in [0.05, 0.1) is 14.2 Å². The maximum Gasteiger partial charge on any atom is 0.224 e. The summed E-state index contributed by atoms with van der Waals surface area (Å²) >= 11 is 3.36. The van der Waals surface area contributed by atoms with Gasteiger partial charge in [0, 0.05) is 16.6 Å². The van der Waals surface area contributed by atoms with Crippen LogP contribution in [0.3, 0.4) is 0 Å². The normalized spacial score (nSPS) is 10.1. The number of nitrogens with one attached hydrogen (secondary N) is 1. The Balaban J connectivity index is 1.92. The first-order valence-corrected chi connectivity index (χ1v) is 7.68. The van der Waals surface area contributed by atoms with Gasteiger partial charge in [-0.15, -0.1) is 0 Å². The average Bonchev–Trinajstić information content (AvgIpc) is 2.54. The average molecular weight is 364 g/mol. The molecule has 1 N–H and O–H groups in total. The van der Waals surface area contributed by atoms with Gasteiger partial charge in [0.15, 0.2) is 11.5 Å². The summed E-state index contributed by atoms with van der Waals surface area (Å²) in [5, 5.41) is 2.87. The third-order valence-corrected chi connectivity index (χ3v) is 3.75. The number of benzene rings is 2. The molecular formula is C17H18BrNO3. The molecule has 2 rings (SSSR count). The van der Waals surface area contributed by atoms with E-state index in [0.29, 0.717) is 24.3 Å². The fourth-order valence-corrected chi connectivity index (χ4v) is 2.32. The largest absolute Gasteiger partial charge is 0.493 e. The van der Waals surface area contributed by atoms with E-state index in [0.717, 1.165) is 15.7 Å². The van der Waals surface area contributed by atoms with E-state index in [1.54, 1.807) is 14.2 Å². The first kappa shape index (κ1) is 16.4. The third kappa shape index (κ3) is 4.49. The number of ether oxygens (including phenoxy) is 2. The summed E-state index contributed by atoms with van der Waals surface area (Å²) in [5.41, 5.74) is 1.82. The Hall–Kier alpha value is -2.01. The number of anilines is 1. The van der Waals surface area contributed by atoms with Crippen LogP contribution in [0.15, 0.2) is 46.9 Å². The molecule has 0 aliphatic carbocycles. The molecule has 0 aliphatic heterocycles. The minimum absolute atomic E-state index is 0.0166. The van der Waals surface area contributed by atoms with Crippen molar-refractivity contribution >= 4 is 27.5 Å². The van der Waals surface area contributed by atoms with Crippen LogP contribution in [0.1, 0.15) is 12.0 Å². The van der Waals surface area contributed by atoms with Crippen LogP contribution in [0.25, 0.3) is 0 Å². The van der Waals surface area contributed by atoms with Crippen LogP contribution < -0.4 is 14.8 Å². The molecule has 1 amide bonds. The molecule has 22 heavy (non-hydrogen) atoms. The lowest BCUT2D eigenvalue weighted by atomic mass is 10.1. The highest BCUT2D eigenvalue weighted by atomic mass is 79.9. The fraction of sp³-hybridized carbons (Fsp3) is 0.235. The SMILES string of the molecule is COc1ccc(CCC(=O)Nc2ccc(Br)cc2)cc1OC. The smallest absolute Gasteiger partial charge is 0.224 e. The Bertz CT molecular complexity index is 641. The van der Waals surface area contributed by atoms with Crippen molar-refractivity contribution in [3.8, 4) is 11.5 Å². The van der Waals surface area contributed by atoms with Crippen molar-refractivity contribution in [3.05, 3.63) is 52.5 Å². The minimum atomic E-state index is -0.0166. The maximum atomic E-state index is 12.0. The summed E-state index contributed by atoms with van der Waals surface area (Å²) < 4.78 is 11.4. The lowest BCUT2D eigenvalue weighted by molar-refractivity contribution is -0.116. The number of hydrogen-bond acceptors (Lipinski definition) is 3. The summed E-state index contributed by atoms with van der Waals surface area (Å²) in [7, 11) is 3.20. The van der Waals surface area contributed by atoms with Gasteiger partial charge in [-0.05, 0) is 48.4 Å². The van der Waals surface area contributed by atoms with Gasteiger partial charge in [-0.3, -0.25) is 4.79 Å². The van der Waals surface area contributed by atoms with Gasteiger partial charge in [0.1, 0.15) is 0 Å². The van der Waals surface area contributed by atoms with E-state index < -0.39 is 0 Å². The van der Waals surface area contributed by atoms with Gasteiger partial charge >= 0.3 is 0 Å². The van der Waals surface area contributed by atoms with Crippen LogP contribution in [0.2, 0.25) is 0 Å².